The lowest BCUT2D eigenvalue weighted by atomic mass is 10.1. The zero-order valence-corrected chi connectivity index (χ0v) is 15.7. The Bertz CT molecular complexity index is 704. The quantitative estimate of drug-likeness (QED) is 0.557. The van der Waals surface area contributed by atoms with Gasteiger partial charge in [0.1, 0.15) is 5.75 Å². The Labute approximate surface area is 151 Å². The summed E-state index contributed by atoms with van der Waals surface area (Å²) in [7, 11) is 1.67. The molecule has 0 aliphatic carbocycles. The van der Waals surface area contributed by atoms with Crippen LogP contribution in [-0.4, -0.2) is 20.3 Å². The van der Waals surface area contributed by atoms with Gasteiger partial charge >= 0.3 is 0 Å². The molecule has 0 fully saturated rings. The molecule has 0 heterocycles. The van der Waals surface area contributed by atoms with Crippen LogP contribution in [0.3, 0.4) is 0 Å². The Kier molecular flexibility index (Phi) is 7.39. The van der Waals surface area contributed by atoms with Crippen LogP contribution in [0.15, 0.2) is 42.5 Å². The van der Waals surface area contributed by atoms with Crippen molar-refractivity contribution < 1.29 is 14.2 Å². The number of ether oxygens (including phenoxy) is 3. The van der Waals surface area contributed by atoms with Crippen molar-refractivity contribution in [3.63, 3.8) is 0 Å². The maximum atomic E-state index is 5.87. The highest BCUT2D eigenvalue weighted by Gasteiger charge is 2.05. The average Bonchev–Trinajstić information content (AvgIpc) is 2.61. The lowest BCUT2D eigenvalue weighted by molar-refractivity contribution is 0.257. The first-order valence-corrected chi connectivity index (χ1v) is 8.77. The fraction of sp³-hybridized carbons (Fsp3) is 0.364. The standard InChI is InChI=1S/C22H28O3/c1-5-8-19-11-12-20(22(16-19)23-4)24-13-6-7-14-25-21-15-17(2)9-10-18(21)3/h5,8-12,15-16H,6-7,13-14H2,1-4H3. The van der Waals surface area contributed by atoms with Crippen LogP contribution >= 0.6 is 0 Å². The molecule has 0 aromatic heterocycles. The van der Waals surface area contributed by atoms with Gasteiger partial charge in [0.05, 0.1) is 20.3 Å². The number of rotatable bonds is 9. The fourth-order valence-corrected chi connectivity index (χ4v) is 2.53. The van der Waals surface area contributed by atoms with Crippen molar-refractivity contribution in [3.8, 4) is 17.2 Å². The van der Waals surface area contributed by atoms with Gasteiger partial charge in [-0.15, -0.1) is 0 Å². The van der Waals surface area contributed by atoms with Crippen LogP contribution in [-0.2, 0) is 0 Å². The second-order valence-electron chi connectivity index (χ2n) is 6.08. The molecule has 0 unspecified atom stereocenters. The number of hydrogen-bond donors (Lipinski definition) is 0. The molecule has 0 spiro atoms. The third kappa shape index (κ3) is 5.86. The van der Waals surface area contributed by atoms with E-state index in [1.807, 2.05) is 37.3 Å². The molecular weight excluding hydrogens is 312 g/mol. The van der Waals surface area contributed by atoms with Gasteiger partial charge in [-0.1, -0.05) is 30.4 Å². The summed E-state index contributed by atoms with van der Waals surface area (Å²) < 4.78 is 17.1. The number of unbranched alkanes of at least 4 members (excludes halogenated alkanes) is 1. The van der Waals surface area contributed by atoms with E-state index in [0.29, 0.717) is 13.2 Å². The van der Waals surface area contributed by atoms with E-state index in [0.717, 1.165) is 35.7 Å². The van der Waals surface area contributed by atoms with Crippen molar-refractivity contribution in [2.45, 2.75) is 33.6 Å². The van der Waals surface area contributed by atoms with E-state index in [4.69, 9.17) is 14.2 Å². The Morgan fingerprint density at radius 3 is 2.24 bits per heavy atom. The zero-order valence-electron chi connectivity index (χ0n) is 15.7. The topological polar surface area (TPSA) is 27.7 Å². The van der Waals surface area contributed by atoms with E-state index in [9.17, 15) is 0 Å². The first kappa shape index (κ1) is 18.9. The molecule has 0 aliphatic rings. The van der Waals surface area contributed by atoms with Crippen LogP contribution in [0.25, 0.3) is 6.08 Å². The van der Waals surface area contributed by atoms with Crippen molar-refractivity contribution >= 4 is 6.08 Å². The number of benzene rings is 2. The fourth-order valence-electron chi connectivity index (χ4n) is 2.53. The highest BCUT2D eigenvalue weighted by atomic mass is 16.5. The van der Waals surface area contributed by atoms with Gasteiger partial charge in [0.15, 0.2) is 11.5 Å². The lowest BCUT2D eigenvalue weighted by Gasteiger charge is -2.12. The van der Waals surface area contributed by atoms with Gasteiger partial charge in [0, 0.05) is 0 Å². The van der Waals surface area contributed by atoms with Crippen LogP contribution in [0.5, 0.6) is 17.2 Å². The van der Waals surface area contributed by atoms with Crippen molar-refractivity contribution in [1.82, 2.24) is 0 Å². The Hall–Kier alpha value is -2.42. The molecule has 0 atom stereocenters. The Balaban J connectivity index is 1.75. The van der Waals surface area contributed by atoms with Crippen molar-refractivity contribution in [1.29, 1.82) is 0 Å². The van der Waals surface area contributed by atoms with Gasteiger partial charge in [0.2, 0.25) is 0 Å². The van der Waals surface area contributed by atoms with E-state index in [1.54, 1.807) is 7.11 Å². The molecule has 25 heavy (non-hydrogen) atoms. The van der Waals surface area contributed by atoms with Gasteiger partial charge < -0.3 is 14.2 Å². The minimum absolute atomic E-state index is 0.648. The highest BCUT2D eigenvalue weighted by molar-refractivity contribution is 5.55. The molecule has 0 aliphatic heterocycles. The predicted molar refractivity (Wildman–Crippen MR) is 104 cm³/mol. The van der Waals surface area contributed by atoms with Crippen molar-refractivity contribution in [3.05, 3.63) is 59.2 Å². The first-order chi connectivity index (χ1) is 12.1. The normalized spacial score (nSPS) is 10.9. The maximum absolute atomic E-state index is 5.87. The highest BCUT2D eigenvalue weighted by Crippen LogP contribution is 2.28. The second-order valence-corrected chi connectivity index (χ2v) is 6.08. The second kappa shape index (κ2) is 9.77. The molecule has 0 bridgehead atoms. The van der Waals surface area contributed by atoms with E-state index < -0.39 is 0 Å². The number of hydrogen-bond acceptors (Lipinski definition) is 3. The molecule has 3 heteroatoms. The van der Waals surface area contributed by atoms with Gasteiger partial charge in [-0.2, -0.15) is 0 Å². The van der Waals surface area contributed by atoms with Gasteiger partial charge in [-0.25, -0.2) is 0 Å². The van der Waals surface area contributed by atoms with Crippen LogP contribution in [0.1, 0.15) is 36.5 Å². The maximum Gasteiger partial charge on any atom is 0.161 e. The summed E-state index contributed by atoms with van der Waals surface area (Å²) in [6.45, 7) is 7.49. The van der Waals surface area contributed by atoms with E-state index >= 15 is 0 Å². The monoisotopic (exact) mass is 340 g/mol. The zero-order chi connectivity index (χ0) is 18.1. The molecule has 2 rings (SSSR count). The summed E-state index contributed by atoms with van der Waals surface area (Å²) in [5.41, 5.74) is 3.50. The number of allylic oxidation sites excluding steroid dienone is 1. The molecule has 0 radical (unpaired) electrons. The molecule has 3 nitrogen and oxygen atoms in total. The summed E-state index contributed by atoms with van der Waals surface area (Å²) in [6.07, 6.45) is 5.93. The molecule has 2 aromatic carbocycles. The molecule has 0 saturated carbocycles. The largest absolute Gasteiger partial charge is 0.493 e. The molecular formula is C22H28O3. The lowest BCUT2D eigenvalue weighted by Crippen LogP contribution is -2.04. The van der Waals surface area contributed by atoms with Crippen LogP contribution in [0.4, 0.5) is 0 Å². The van der Waals surface area contributed by atoms with Gasteiger partial charge in [0.25, 0.3) is 0 Å². The summed E-state index contributed by atoms with van der Waals surface area (Å²) in [5, 5.41) is 0. The summed E-state index contributed by atoms with van der Waals surface area (Å²) in [4.78, 5) is 0. The molecule has 0 N–H and O–H groups in total. The molecule has 0 saturated heterocycles. The van der Waals surface area contributed by atoms with E-state index in [-0.39, 0.29) is 0 Å². The van der Waals surface area contributed by atoms with E-state index in [2.05, 4.69) is 32.0 Å². The number of methoxy groups -OCH3 is 1. The third-order valence-electron chi connectivity index (χ3n) is 3.94. The summed E-state index contributed by atoms with van der Waals surface area (Å²) in [5.74, 6) is 2.52. The predicted octanol–water partition coefficient (Wildman–Crippen LogP) is 5.58. The van der Waals surface area contributed by atoms with Crippen molar-refractivity contribution in [2.24, 2.45) is 0 Å². The van der Waals surface area contributed by atoms with Gasteiger partial charge in [-0.3, -0.25) is 0 Å². The van der Waals surface area contributed by atoms with Crippen LogP contribution < -0.4 is 14.2 Å². The third-order valence-corrected chi connectivity index (χ3v) is 3.94. The van der Waals surface area contributed by atoms with Crippen molar-refractivity contribution in [2.75, 3.05) is 20.3 Å². The number of aryl methyl sites for hydroxylation is 2. The Morgan fingerprint density at radius 2 is 1.56 bits per heavy atom. The smallest absolute Gasteiger partial charge is 0.161 e. The first-order valence-electron chi connectivity index (χ1n) is 8.77. The summed E-state index contributed by atoms with van der Waals surface area (Å²) >= 11 is 0. The van der Waals surface area contributed by atoms with E-state index in [1.165, 1.54) is 11.1 Å². The minimum Gasteiger partial charge on any atom is -0.493 e. The summed E-state index contributed by atoms with van der Waals surface area (Å²) in [6, 6.07) is 12.3. The SMILES string of the molecule is CC=Cc1ccc(OCCCCOc2cc(C)ccc2C)c(OC)c1. The Morgan fingerprint density at radius 1 is 0.840 bits per heavy atom. The van der Waals surface area contributed by atoms with Gasteiger partial charge in [-0.05, 0) is 68.5 Å². The van der Waals surface area contributed by atoms with Crippen LogP contribution in [0.2, 0.25) is 0 Å². The molecule has 0 amide bonds. The average molecular weight is 340 g/mol. The molecule has 134 valence electrons. The minimum atomic E-state index is 0.648. The van der Waals surface area contributed by atoms with Crippen LogP contribution in [0, 0.1) is 13.8 Å². The molecule has 2 aromatic rings.